The Bertz CT molecular complexity index is 944. The fourth-order valence-corrected chi connectivity index (χ4v) is 3.90. The number of amides is 2. The molecule has 7 heteroatoms. The molecule has 1 saturated heterocycles. The third kappa shape index (κ3) is 5.14. The largest absolute Gasteiger partial charge is 0.490 e. The van der Waals surface area contributed by atoms with Crippen molar-refractivity contribution in [3.05, 3.63) is 63.5 Å². The first-order valence-corrected chi connectivity index (χ1v) is 10.6. The molecule has 0 N–H and O–H groups in total. The van der Waals surface area contributed by atoms with Crippen molar-refractivity contribution in [1.29, 1.82) is 0 Å². The first kappa shape index (κ1) is 21.3. The molecule has 0 saturated carbocycles. The van der Waals surface area contributed by atoms with Crippen LogP contribution in [0.4, 0.5) is 4.79 Å². The van der Waals surface area contributed by atoms with E-state index in [0.29, 0.717) is 41.2 Å². The van der Waals surface area contributed by atoms with Crippen LogP contribution in [0.3, 0.4) is 0 Å². The maximum absolute atomic E-state index is 12.4. The average molecular weight is 432 g/mol. The number of carbonyl (C=O) groups excluding carboxylic acids is 2. The summed E-state index contributed by atoms with van der Waals surface area (Å²) in [7, 11) is 0. The molecule has 5 nitrogen and oxygen atoms in total. The van der Waals surface area contributed by atoms with Crippen LogP contribution in [0.1, 0.15) is 31.4 Å². The van der Waals surface area contributed by atoms with Gasteiger partial charge in [-0.25, -0.2) is 0 Å². The molecule has 0 atom stereocenters. The molecule has 1 aliphatic heterocycles. The highest BCUT2D eigenvalue weighted by Crippen LogP contribution is 2.35. The van der Waals surface area contributed by atoms with Crippen LogP contribution in [0.5, 0.6) is 11.5 Å². The first-order chi connectivity index (χ1) is 14.0. The minimum absolute atomic E-state index is 0.229. The third-order valence-corrected chi connectivity index (χ3v) is 5.50. The lowest BCUT2D eigenvalue weighted by molar-refractivity contribution is -0.122. The van der Waals surface area contributed by atoms with Crippen LogP contribution in [0, 0.1) is 0 Å². The van der Waals surface area contributed by atoms with Crippen molar-refractivity contribution in [1.82, 2.24) is 4.90 Å². The number of hydrogen-bond acceptors (Lipinski definition) is 5. The van der Waals surface area contributed by atoms with Gasteiger partial charge in [0.05, 0.1) is 11.5 Å². The quantitative estimate of drug-likeness (QED) is 0.497. The molecule has 1 aliphatic rings. The number of carbonyl (C=O) groups is 2. The topological polar surface area (TPSA) is 55.8 Å². The lowest BCUT2D eigenvalue weighted by Crippen LogP contribution is -2.28. The zero-order chi connectivity index (χ0) is 20.8. The van der Waals surface area contributed by atoms with Crippen LogP contribution in [0.25, 0.3) is 6.08 Å². The second kappa shape index (κ2) is 9.85. The zero-order valence-electron chi connectivity index (χ0n) is 16.3. The molecule has 2 aromatic carbocycles. The smallest absolute Gasteiger partial charge is 0.293 e. The number of halogens is 1. The van der Waals surface area contributed by atoms with E-state index in [1.165, 1.54) is 4.90 Å². The van der Waals surface area contributed by atoms with Gasteiger partial charge in [0.15, 0.2) is 11.5 Å². The van der Waals surface area contributed by atoms with E-state index in [2.05, 4.69) is 0 Å². The Labute approximate surface area is 179 Å². The molecule has 1 heterocycles. The molecule has 0 unspecified atom stereocenters. The van der Waals surface area contributed by atoms with Gasteiger partial charge in [0.1, 0.15) is 6.61 Å². The van der Waals surface area contributed by atoms with Crippen molar-refractivity contribution in [2.75, 3.05) is 13.2 Å². The Morgan fingerprint density at radius 2 is 1.86 bits per heavy atom. The van der Waals surface area contributed by atoms with E-state index in [1.54, 1.807) is 18.2 Å². The number of benzene rings is 2. The van der Waals surface area contributed by atoms with Crippen LogP contribution in [0.2, 0.25) is 5.02 Å². The fourth-order valence-electron chi connectivity index (χ4n) is 2.84. The third-order valence-electron chi connectivity index (χ3n) is 4.23. The van der Waals surface area contributed by atoms with E-state index in [9.17, 15) is 9.59 Å². The molecule has 0 spiro atoms. The predicted octanol–water partition coefficient (Wildman–Crippen LogP) is 5.76. The highest BCUT2D eigenvalue weighted by molar-refractivity contribution is 8.18. The van der Waals surface area contributed by atoms with Crippen LogP contribution in [-0.2, 0) is 11.4 Å². The van der Waals surface area contributed by atoms with Crippen LogP contribution in [0.15, 0.2) is 47.4 Å². The Morgan fingerprint density at radius 3 is 2.59 bits per heavy atom. The van der Waals surface area contributed by atoms with Gasteiger partial charge in [-0.3, -0.25) is 14.5 Å². The lowest BCUT2D eigenvalue weighted by atomic mass is 10.1. The average Bonchev–Trinajstić information content (AvgIpc) is 2.96. The van der Waals surface area contributed by atoms with E-state index in [0.717, 1.165) is 29.3 Å². The summed E-state index contributed by atoms with van der Waals surface area (Å²) in [5, 5.41) is 0.415. The van der Waals surface area contributed by atoms with Gasteiger partial charge in [-0.05, 0) is 54.9 Å². The summed E-state index contributed by atoms with van der Waals surface area (Å²) < 4.78 is 11.6. The highest BCUT2D eigenvalue weighted by Gasteiger charge is 2.34. The maximum Gasteiger partial charge on any atom is 0.293 e. The van der Waals surface area contributed by atoms with Gasteiger partial charge in [0.25, 0.3) is 11.1 Å². The minimum Gasteiger partial charge on any atom is -0.490 e. The van der Waals surface area contributed by atoms with E-state index >= 15 is 0 Å². The van der Waals surface area contributed by atoms with Gasteiger partial charge in [0, 0.05) is 17.1 Å². The van der Waals surface area contributed by atoms with Crippen molar-refractivity contribution in [3.63, 3.8) is 0 Å². The van der Waals surface area contributed by atoms with Gasteiger partial charge in [-0.1, -0.05) is 42.8 Å². The monoisotopic (exact) mass is 431 g/mol. The molecule has 152 valence electrons. The van der Waals surface area contributed by atoms with Gasteiger partial charge >= 0.3 is 0 Å². The standard InChI is InChI=1S/C22H22ClNO4S/c1-3-11-24-21(25)20(29-22(24)26)13-15-9-10-18(19(12-15)27-4-2)28-14-16-7-5-6-8-17(16)23/h5-10,12-13H,3-4,11,14H2,1-2H3/b20-13+. The first-order valence-electron chi connectivity index (χ1n) is 9.42. The summed E-state index contributed by atoms with van der Waals surface area (Å²) >= 11 is 7.15. The Hall–Kier alpha value is -2.44. The van der Waals surface area contributed by atoms with E-state index in [-0.39, 0.29) is 11.1 Å². The summed E-state index contributed by atoms with van der Waals surface area (Å²) in [6.45, 7) is 5.04. The summed E-state index contributed by atoms with van der Waals surface area (Å²) in [5.74, 6) is 0.906. The van der Waals surface area contributed by atoms with E-state index < -0.39 is 0 Å². The predicted molar refractivity (Wildman–Crippen MR) is 116 cm³/mol. The van der Waals surface area contributed by atoms with Crippen molar-refractivity contribution >= 4 is 40.6 Å². The van der Waals surface area contributed by atoms with E-state index in [1.807, 2.05) is 44.2 Å². The second-order valence-electron chi connectivity index (χ2n) is 6.35. The molecule has 2 amide bonds. The van der Waals surface area contributed by atoms with Gasteiger partial charge in [-0.15, -0.1) is 0 Å². The van der Waals surface area contributed by atoms with Gasteiger partial charge < -0.3 is 9.47 Å². The number of thioether (sulfide) groups is 1. The number of ether oxygens (including phenoxy) is 2. The molecule has 0 aliphatic carbocycles. The summed E-state index contributed by atoms with van der Waals surface area (Å²) in [4.78, 5) is 26.1. The molecule has 0 radical (unpaired) electrons. The van der Waals surface area contributed by atoms with Crippen LogP contribution < -0.4 is 9.47 Å². The van der Waals surface area contributed by atoms with Gasteiger partial charge in [0.2, 0.25) is 0 Å². The number of hydrogen-bond donors (Lipinski definition) is 0. The van der Waals surface area contributed by atoms with Gasteiger partial charge in [-0.2, -0.15) is 0 Å². The van der Waals surface area contributed by atoms with Crippen LogP contribution >= 0.6 is 23.4 Å². The number of nitrogens with zero attached hydrogens (tertiary/aromatic N) is 1. The summed E-state index contributed by atoms with van der Waals surface area (Å²) in [6, 6.07) is 12.9. The zero-order valence-corrected chi connectivity index (χ0v) is 17.9. The fraction of sp³-hybridized carbons (Fsp3) is 0.273. The summed E-state index contributed by atoms with van der Waals surface area (Å²) in [5.41, 5.74) is 1.64. The molecule has 3 rings (SSSR count). The van der Waals surface area contributed by atoms with Crippen molar-refractivity contribution < 1.29 is 19.1 Å². The lowest BCUT2D eigenvalue weighted by Gasteiger charge is -2.13. The Kier molecular flexibility index (Phi) is 7.23. The Balaban J connectivity index is 1.80. The SMILES string of the molecule is CCCN1C(=O)S/C(=C/c2ccc(OCc3ccccc3Cl)c(OCC)c2)C1=O. The summed E-state index contributed by atoms with van der Waals surface area (Å²) in [6.07, 6.45) is 2.44. The second-order valence-corrected chi connectivity index (χ2v) is 7.75. The molecule has 1 fully saturated rings. The molecule has 0 bridgehead atoms. The maximum atomic E-state index is 12.4. The van der Waals surface area contributed by atoms with E-state index in [4.69, 9.17) is 21.1 Å². The molecular weight excluding hydrogens is 410 g/mol. The molecular formula is C22H22ClNO4S. The number of rotatable bonds is 8. The van der Waals surface area contributed by atoms with Crippen molar-refractivity contribution in [3.8, 4) is 11.5 Å². The Morgan fingerprint density at radius 1 is 1.07 bits per heavy atom. The van der Waals surface area contributed by atoms with Crippen LogP contribution in [-0.4, -0.2) is 29.2 Å². The molecule has 2 aromatic rings. The molecule has 0 aromatic heterocycles. The van der Waals surface area contributed by atoms with Crippen molar-refractivity contribution in [2.45, 2.75) is 26.9 Å². The highest BCUT2D eigenvalue weighted by atomic mass is 35.5. The van der Waals surface area contributed by atoms with Crippen molar-refractivity contribution in [2.24, 2.45) is 0 Å². The molecule has 29 heavy (non-hydrogen) atoms. The number of imide groups is 1. The minimum atomic E-state index is -0.251. The normalized spacial score (nSPS) is 15.3.